The van der Waals surface area contributed by atoms with Crippen LogP contribution in [0.3, 0.4) is 0 Å². The molecule has 1 aromatic rings. The van der Waals surface area contributed by atoms with E-state index in [1.54, 1.807) is 0 Å². The molecule has 0 spiro atoms. The fraction of sp³-hybridized carbons (Fsp3) is 0. The first-order valence-corrected chi connectivity index (χ1v) is 5.04. The van der Waals surface area contributed by atoms with Gasteiger partial charge in [0.2, 0.25) is 0 Å². The summed E-state index contributed by atoms with van der Waals surface area (Å²) in [6.07, 6.45) is -1.72. The second kappa shape index (κ2) is 4.00. The highest BCUT2D eigenvalue weighted by Gasteiger charge is 2.26. The number of amides is 1. The van der Waals surface area contributed by atoms with Crippen LogP contribution in [0.1, 0.15) is 0 Å². The summed E-state index contributed by atoms with van der Waals surface area (Å²) in [5.74, 6) is -5.55. The molecule has 16 heavy (non-hydrogen) atoms. The Morgan fingerprint density at radius 3 is 2.25 bits per heavy atom. The van der Waals surface area contributed by atoms with Crippen LogP contribution >= 0.6 is 0 Å². The first-order valence-electron chi connectivity index (χ1n) is 3.63. The Balaban J connectivity index is 3.35. The molecule has 0 heterocycles. The lowest BCUT2D eigenvalue weighted by Crippen LogP contribution is -2.20. The first-order chi connectivity index (χ1) is 7.25. The molecule has 2 N–H and O–H groups in total. The molecule has 0 bridgehead atoms. The minimum Gasteiger partial charge on any atom is -0.334 e. The molecule has 0 fully saturated rings. The maximum Gasteiger partial charge on any atom is 0.420 e. The summed E-state index contributed by atoms with van der Waals surface area (Å²) in [5, 5.41) is 0. The molecule has 0 saturated carbocycles. The van der Waals surface area contributed by atoms with E-state index < -0.39 is 38.6 Å². The van der Waals surface area contributed by atoms with Crippen molar-refractivity contribution in [1.82, 2.24) is 0 Å². The summed E-state index contributed by atoms with van der Waals surface area (Å²) >= 11 is 0. The summed E-state index contributed by atoms with van der Waals surface area (Å²) in [7, 11) is -4.89. The van der Waals surface area contributed by atoms with Gasteiger partial charge in [0.05, 0.1) is 0 Å². The van der Waals surface area contributed by atoms with Crippen LogP contribution in [-0.4, -0.2) is 14.5 Å². The van der Waals surface area contributed by atoms with Crippen LogP contribution < -0.4 is 5.73 Å². The van der Waals surface area contributed by atoms with Gasteiger partial charge in [-0.1, -0.05) is 0 Å². The molecule has 88 valence electrons. The topological polar surface area (TPSA) is 86.5 Å². The van der Waals surface area contributed by atoms with Crippen LogP contribution in [0.15, 0.2) is 17.0 Å². The molecular weight excluding hydrogens is 251 g/mol. The molecule has 0 aliphatic heterocycles. The predicted molar refractivity (Wildman–Crippen MR) is 44.2 cm³/mol. The Bertz CT molecular complexity index is 543. The molecule has 1 rings (SSSR count). The van der Waals surface area contributed by atoms with E-state index in [9.17, 15) is 26.4 Å². The summed E-state index contributed by atoms with van der Waals surface area (Å²) < 4.78 is 63.9. The van der Waals surface area contributed by atoms with Gasteiger partial charge in [0.15, 0.2) is 17.5 Å². The van der Waals surface area contributed by atoms with Crippen LogP contribution in [0.5, 0.6) is 0 Å². The zero-order valence-corrected chi connectivity index (χ0v) is 8.22. The fourth-order valence-electron chi connectivity index (χ4n) is 0.854. The number of hydrogen-bond donors (Lipinski definition) is 1. The number of carbonyl (C=O) groups excluding carboxylic acids is 1. The zero-order chi connectivity index (χ0) is 12.5. The third-order valence-corrected chi connectivity index (χ3v) is 2.70. The van der Waals surface area contributed by atoms with Gasteiger partial charge in [-0.15, -0.1) is 0 Å². The van der Waals surface area contributed by atoms with Crippen molar-refractivity contribution in [3.8, 4) is 0 Å². The second-order valence-corrected chi connectivity index (χ2v) is 4.04. The normalized spacial score (nSPS) is 11.2. The Morgan fingerprint density at radius 1 is 1.19 bits per heavy atom. The lowest BCUT2D eigenvalue weighted by atomic mass is 10.3. The number of nitrogens with two attached hydrogens (primary N) is 1. The minimum absolute atomic E-state index is 0.371. The SMILES string of the molecule is NC(=O)OS(=O)(=O)c1ccc(F)c(F)c1F. The first kappa shape index (κ1) is 12.3. The number of halogens is 3. The average molecular weight is 255 g/mol. The third-order valence-electron chi connectivity index (χ3n) is 1.46. The van der Waals surface area contributed by atoms with Crippen molar-refractivity contribution in [2.45, 2.75) is 4.90 Å². The standard InChI is InChI=1S/C7H4F3NO4S/c8-3-1-2-4(6(10)5(3)9)16(13,14)15-7(11)12/h1-2H,(H2,11,12). The molecule has 5 nitrogen and oxygen atoms in total. The molecule has 9 heteroatoms. The third kappa shape index (κ3) is 2.24. The summed E-state index contributed by atoms with van der Waals surface area (Å²) in [6.45, 7) is 0. The lowest BCUT2D eigenvalue weighted by Gasteiger charge is -2.04. The van der Waals surface area contributed by atoms with Gasteiger partial charge in [-0.05, 0) is 12.1 Å². The Labute approximate surface area is 87.7 Å². The summed E-state index contributed by atoms with van der Waals surface area (Å²) in [5.41, 5.74) is 4.40. The quantitative estimate of drug-likeness (QED) is 0.628. The highest BCUT2D eigenvalue weighted by molar-refractivity contribution is 7.87. The van der Waals surface area contributed by atoms with Crippen LogP contribution in [0, 0.1) is 17.5 Å². The highest BCUT2D eigenvalue weighted by atomic mass is 32.2. The van der Waals surface area contributed by atoms with Crippen molar-refractivity contribution in [2.24, 2.45) is 5.73 Å². The lowest BCUT2D eigenvalue weighted by molar-refractivity contribution is 0.212. The van der Waals surface area contributed by atoms with Gasteiger partial charge in [0.1, 0.15) is 4.90 Å². The largest absolute Gasteiger partial charge is 0.420 e. The predicted octanol–water partition coefficient (Wildman–Crippen LogP) is 0.888. The molecule has 0 aliphatic carbocycles. The molecular formula is C7H4F3NO4S. The molecule has 1 aromatic carbocycles. The number of primary amides is 1. The van der Waals surface area contributed by atoms with Crippen molar-refractivity contribution < 1.29 is 30.6 Å². The van der Waals surface area contributed by atoms with E-state index >= 15 is 0 Å². The van der Waals surface area contributed by atoms with Gasteiger partial charge < -0.3 is 9.92 Å². The highest BCUT2D eigenvalue weighted by Crippen LogP contribution is 2.21. The second-order valence-electron chi connectivity index (χ2n) is 2.53. The van der Waals surface area contributed by atoms with E-state index in [2.05, 4.69) is 9.92 Å². The molecule has 0 atom stereocenters. The van der Waals surface area contributed by atoms with Gasteiger partial charge in [-0.3, -0.25) is 0 Å². The Morgan fingerprint density at radius 2 is 1.75 bits per heavy atom. The molecule has 0 aromatic heterocycles. The number of carbonyl (C=O) groups is 1. The van der Waals surface area contributed by atoms with Gasteiger partial charge >= 0.3 is 16.2 Å². The van der Waals surface area contributed by atoms with Gasteiger partial charge in [-0.2, -0.15) is 8.42 Å². The van der Waals surface area contributed by atoms with Crippen LogP contribution in [0.2, 0.25) is 0 Å². The van der Waals surface area contributed by atoms with Gasteiger partial charge in [-0.25, -0.2) is 18.0 Å². The maximum atomic E-state index is 13.0. The Kier molecular flexibility index (Phi) is 3.08. The smallest absolute Gasteiger partial charge is 0.334 e. The van der Waals surface area contributed by atoms with Crippen molar-refractivity contribution in [2.75, 3.05) is 0 Å². The Hall–Kier alpha value is -1.77. The fourth-order valence-corrected chi connectivity index (χ4v) is 1.70. The van der Waals surface area contributed by atoms with E-state index in [1.807, 2.05) is 0 Å². The van der Waals surface area contributed by atoms with Crippen LogP contribution in [0.4, 0.5) is 18.0 Å². The maximum absolute atomic E-state index is 13.0. The molecule has 0 unspecified atom stereocenters. The van der Waals surface area contributed by atoms with Gasteiger partial charge in [0.25, 0.3) is 0 Å². The van der Waals surface area contributed by atoms with Crippen molar-refractivity contribution in [3.63, 3.8) is 0 Å². The van der Waals surface area contributed by atoms with Crippen LogP contribution in [-0.2, 0) is 14.3 Å². The molecule has 0 saturated heterocycles. The molecule has 0 aliphatic rings. The summed E-state index contributed by atoms with van der Waals surface area (Å²) in [6, 6.07) is 0.779. The summed E-state index contributed by atoms with van der Waals surface area (Å²) in [4.78, 5) is 8.87. The zero-order valence-electron chi connectivity index (χ0n) is 7.41. The van der Waals surface area contributed by atoms with E-state index in [4.69, 9.17) is 0 Å². The minimum atomic E-state index is -4.89. The number of rotatable bonds is 2. The number of benzene rings is 1. The van der Waals surface area contributed by atoms with Crippen LogP contribution in [0.25, 0.3) is 0 Å². The molecule has 1 amide bonds. The number of hydrogen-bond acceptors (Lipinski definition) is 4. The average Bonchev–Trinajstić information content (AvgIpc) is 2.11. The van der Waals surface area contributed by atoms with E-state index in [0.717, 1.165) is 0 Å². The van der Waals surface area contributed by atoms with Crippen molar-refractivity contribution >= 4 is 16.2 Å². The van der Waals surface area contributed by atoms with Crippen molar-refractivity contribution in [3.05, 3.63) is 29.6 Å². The van der Waals surface area contributed by atoms with Gasteiger partial charge in [0, 0.05) is 0 Å². The monoisotopic (exact) mass is 255 g/mol. The van der Waals surface area contributed by atoms with E-state index in [0.29, 0.717) is 12.1 Å². The van der Waals surface area contributed by atoms with E-state index in [1.165, 1.54) is 0 Å². The van der Waals surface area contributed by atoms with Crippen molar-refractivity contribution in [1.29, 1.82) is 0 Å². The van der Waals surface area contributed by atoms with E-state index in [-0.39, 0.29) is 0 Å². The molecule has 0 radical (unpaired) electrons.